The number of rotatable bonds is 3. The van der Waals surface area contributed by atoms with E-state index in [1.54, 1.807) is 18.2 Å². The van der Waals surface area contributed by atoms with E-state index in [9.17, 15) is 31.2 Å². The summed E-state index contributed by atoms with van der Waals surface area (Å²) in [6.07, 6.45) is -4.79. The molecule has 0 aliphatic carbocycles. The third-order valence-corrected chi connectivity index (χ3v) is 6.10. The van der Waals surface area contributed by atoms with Gasteiger partial charge in [-0.2, -0.15) is 13.2 Å². The highest BCUT2D eigenvalue weighted by molar-refractivity contribution is 7.91. The summed E-state index contributed by atoms with van der Waals surface area (Å²) in [6.45, 7) is -0.193. The van der Waals surface area contributed by atoms with Gasteiger partial charge in [0.2, 0.25) is 0 Å². The number of carbonyl (C=O) groups excluding carboxylic acids is 2. The van der Waals surface area contributed by atoms with Crippen LogP contribution in [0.5, 0.6) is 0 Å². The molecule has 1 aliphatic heterocycles. The zero-order chi connectivity index (χ0) is 21.9. The van der Waals surface area contributed by atoms with E-state index in [0.717, 1.165) is 17.0 Å². The van der Waals surface area contributed by atoms with Crippen LogP contribution < -0.4 is 10.6 Å². The zero-order valence-electron chi connectivity index (χ0n) is 15.6. The van der Waals surface area contributed by atoms with Crippen LogP contribution in [0.15, 0.2) is 48.5 Å². The van der Waals surface area contributed by atoms with Gasteiger partial charge in [-0.05, 0) is 30.3 Å². The molecule has 1 aliphatic rings. The van der Waals surface area contributed by atoms with E-state index in [2.05, 4.69) is 10.6 Å². The number of nitrogens with zero attached hydrogens (tertiary/aromatic N) is 1. The lowest BCUT2D eigenvalue weighted by Gasteiger charge is -2.27. The van der Waals surface area contributed by atoms with E-state index in [4.69, 9.17) is 0 Å². The summed E-state index contributed by atoms with van der Waals surface area (Å²) >= 11 is 0. The van der Waals surface area contributed by atoms with Gasteiger partial charge >= 0.3 is 12.2 Å². The molecule has 1 saturated heterocycles. The van der Waals surface area contributed by atoms with Crippen molar-refractivity contribution < 1.29 is 31.2 Å². The van der Waals surface area contributed by atoms with Crippen LogP contribution in [0.25, 0.3) is 0 Å². The summed E-state index contributed by atoms with van der Waals surface area (Å²) < 4.78 is 63.5. The maximum atomic E-state index is 13.5. The Labute approximate surface area is 170 Å². The number of benzene rings is 2. The van der Waals surface area contributed by atoms with Gasteiger partial charge in [0.25, 0.3) is 5.91 Å². The average Bonchev–Trinajstić information content (AvgIpc) is 2.69. The molecule has 0 atom stereocenters. The fourth-order valence-corrected chi connectivity index (χ4v) is 4.07. The smallest absolute Gasteiger partial charge is 0.322 e. The van der Waals surface area contributed by atoms with Gasteiger partial charge in [-0.3, -0.25) is 4.79 Å². The average molecular weight is 441 g/mol. The topological polar surface area (TPSA) is 95.6 Å². The van der Waals surface area contributed by atoms with E-state index < -0.39 is 39.2 Å². The van der Waals surface area contributed by atoms with Crippen LogP contribution in [0.3, 0.4) is 0 Å². The summed E-state index contributed by atoms with van der Waals surface area (Å²) in [5.74, 6) is -1.05. The molecule has 1 heterocycles. The van der Waals surface area contributed by atoms with E-state index in [1.165, 1.54) is 18.2 Å². The SMILES string of the molecule is O=C(Nc1ccc(NC(=O)N2CCS(=O)(=O)CC2)c(C(F)(F)F)c1)c1ccccc1. The van der Waals surface area contributed by atoms with Crippen LogP contribution in [0.1, 0.15) is 15.9 Å². The van der Waals surface area contributed by atoms with Crippen LogP contribution in [-0.4, -0.2) is 49.9 Å². The minimum Gasteiger partial charge on any atom is -0.322 e. The number of anilines is 2. The molecule has 0 unspecified atom stereocenters. The minimum atomic E-state index is -4.79. The van der Waals surface area contributed by atoms with E-state index in [-0.39, 0.29) is 35.8 Å². The molecule has 30 heavy (non-hydrogen) atoms. The molecule has 0 saturated carbocycles. The van der Waals surface area contributed by atoms with Gasteiger partial charge in [-0.25, -0.2) is 13.2 Å². The van der Waals surface area contributed by atoms with Gasteiger partial charge in [0.05, 0.1) is 22.8 Å². The molecule has 3 amide bonds. The van der Waals surface area contributed by atoms with Crippen LogP contribution in [0.4, 0.5) is 29.3 Å². The van der Waals surface area contributed by atoms with Crippen molar-refractivity contribution in [2.24, 2.45) is 0 Å². The van der Waals surface area contributed by atoms with Crippen molar-refractivity contribution in [1.82, 2.24) is 4.90 Å². The Balaban J connectivity index is 1.78. The maximum Gasteiger partial charge on any atom is 0.418 e. The summed E-state index contributed by atoms with van der Waals surface area (Å²) in [5, 5.41) is 4.58. The van der Waals surface area contributed by atoms with Crippen molar-refractivity contribution in [3.8, 4) is 0 Å². The predicted molar refractivity (Wildman–Crippen MR) is 105 cm³/mol. The molecular formula is C19H18F3N3O4S. The van der Waals surface area contributed by atoms with Crippen molar-refractivity contribution in [2.45, 2.75) is 6.18 Å². The molecule has 0 aromatic heterocycles. The minimum absolute atomic E-state index is 0.0850. The lowest BCUT2D eigenvalue weighted by atomic mass is 10.1. The number of halogens is 3. The maximum absolute atomic E-state index is 13.5. The number of hydrogen-bond donors (Lipinski definition) is 2. The highest BCUT2D eigenvalue weighted by Gasteiger charge is 2.35. The van der Waals surface area contributed by atoms with Gasteiger partial charge < -0.3 is 15.5 Å². The second-order valence-electron chi connectivity index (χ2n) is 6.65. The monoisotopic (exact) mass is 441 g/mol. The van der Waals surface area contributed by atoms with Gasteiger partial charge in [0.15, 0.2) is 9.84 Å². The normalized spacial score (nSPS) is 16.0. The van der Waals surface area contributed by atoms with Crippen molar-refractivity contribution in [1.29, 1.82) is 0 Å². The molecule has 0 spiro atoms. The third-order valence-electron chi connectivity index (χ3n) is 4.49. The number of nitrogens with one attached hydrogen (secondary N) is 2. The lowest BCUT2D eigenvalue weighted by molar-refractivity contribution is -0.136. The summed E-state index contributed by atoms with van der Waals surface area (Å²) in [6, 6.07) is 10.2. The van der Waals surface area contributed by atoms with Crippen molar-refractivity contribution in [3.05, 3.63) is 59.7 Å². The summed E-state index contributed by atoms with van der Waals surface area (Å²) in [4.78, 5) is 25.6. The molecule has 3 rings (SSSR count). The van der Waals surface area contributed by atoms with Gasteiger partial charge in [0.1, 0.15) is 0 Å². The largest absolute Gasteiger partial charge is 0.418 e. The zero-order valence-corrected chi connectivity index (χ0v) is 16.4. The lowest BCUT2D eigenvalue weighted by Crippen LogP contribution is -2.45. The molecule has 2 aromatic carbocycles. The highest BCUT2D eigenvalue weighted by atomic mass is 32.2. The van der Waals surface area contributed by atoms with E-state index in [1.807, 2.05) is 0 Å². The van der Waals surface area contributed by atoms with Crippen LogP contribution in [0.2, 0.25) is 0 Å². The third kappa shape index (κ3) is 5.29. The molecule has 2 N–H and O–H groups in total. The van der Waals surface area contributed by atoms with Crippen molar-refractivity contribution >= 4 is 33.2 Å². The fraction of sp³-hybridized carbons (Fsp3) is 0.263. The van der Waals surface area contributed by atoms with Crippen LogP contribution in [0, 0.1) is 0 Å². The van der Waals surface area contributed by atoms with Gasteiger partial charge in [-0.15, -0.1) is 0 Å². The van der Waals surface area contributed by atoms with Crippen LogP contribution in [-0.2, 0) is 16.0 Å². The quantitative estimate of drug-likeness (QED) is 0.765. The molecule has 11 heteroatoms. The number of sulfone groups is 1. The Morgan fingerprint density at radius 1 is 0.933 bits per heavy atom. The predicted octanol–water partition coefficient (Wildman–Crippen LogP) is 3.22. The Bertz CT molecular complexity index is 1040. The first-order valence-electron chi connectivity index (χ1n) is 8.89. The highest BCUT2D eigenvalue weighted by Crippen LogP contribution is 2.37. The second-order valence-corrected chi connectivity index (χ2v) is 8.95. The van der Waals surface area contributed by atoms with Gasteiger partial charge in [0, 0.05) is 24.3 Å². The molecule has 2 aromatic rings. The summed E-state index contributed by atoms with van der Waals surface area (Å²) in [5.41, 5.74) is -1.42. The fourth-order valence-electron chi connectivity index (χ4n) is 2.87. The van der Waals surface area contributed by atoms with Crippen molar-refractivity contribution in [3.63, 3.8) is 0 Å². The molecule has 1 fully saturated rings. The molecule has 160 valence electrons. The molecule has 0 bridgehead atoms. The summed E-state index contributed by atoms with van der Waals surface area (Å²) in [7, 11) is -3.24. The first kappa shape index (κ1) is 21.6. The number of alkyl halides is 3. The Hall–Kier alpha value is -3.08. The van der Waals surface area contributed by atoms with E-state index in [0.29, 0.717) is 0 Å². The second kappa shape index (κ2) is 8.34. The van der Waals surface area contributed by atoms with E-state index >= 15 is 0 Å². The number of hydrogen-bond acceptors (Lipinski definition) is 4. The Kier molecular flexibility index (Phi) is 6.01. The molecule has 0 radical (unpaired) electrons. The molecule has 7 nitrogen and oxygen atoms in total. The number of urea groups is 1. The first-order chi connectivity index (χ1) is 14.0. The molecular weight excluding hydrogens is 423 g/mol. The standard InChI is InChI=1S/C19H18F3N3O4S/c20-19(21,22)15-12-14(23-17(26)13-4-2-1-3-5-13)6-7-16(15)24-18(27)25-8-10-30(28,29)11-9-25/h1-7,12H,8-11H2,(H,23,26)(H,24,27). The van der Waals surface area contributed by atoms with Gasteiger partial charge in [-0.1, -0.05) is 18.2 Å². The Morgan fingerprint density at radius 2 is 1.57 bits per heavy atom. The Morgan fingerprint density at radius 3 is 2.17 bits per heavy atom. The number of amides is 3. The van der Waals surface area contributed by atoms with Crippen molar-refractivity contribution in [2.75, 3.05) is 35.2 Å². The first-order valence-corrected chi connectivity index (χ1v) is 10.7. The number of carbonyl (C=O) groups is 2. The van der Waals surface area contributed by atoms with Crippen LogP contribution >= 0.6 is 0 Å².